The fraction of sp³-hybridized carbons (Fsp3) is 0.214. The number of anilines is 2. The predicted octanol–water partition coefficient (Wildman–Crippen LogP) is 2.09. The van der Waals surface area contributed by atoms with E-state index in [1.165, 1.54) is 25.3 Å². The predicted molar refractivity (Wildman–Crippen MR) is 81.9 cm³/mol. The molecule has 21 heavy (non-hydrogen) atoms. The van der Waals surface area contributed by atoms with Crippen LogP contribution in [-0.2, 0) is 10.0 Å². The maximum Gasteiger partial charge on any atom is 0.265 e. The van der Waals surface area contributed by atoms with Gasteiger partial charge in [-0.25, -0.2) is 8.42 Å². The SMILES string of the molecule is COc1cc(N)ccc1S(=O)(=O)Nc1ccc(C)nc1C. The molecule has 0 amide bonds. The molecule has 0 spiro atoms. The van der Waals surface area contributed by atoms with Crippen LogP contribution in [0.25, 0.3) is 0 Å². The van der Waals surface area contributed by atoms with E-state index in [2.05, 4.69) is 9.71 Å². The highest BCUT2D eigenvalue weighted by atomic mass is 32.2. The van der Waals surface area contributed by atoms with E-state index in [-0.39, 0.29) is 10.6 Å². The highest BCUT2D eigenvalue weighted by Gasteiger charge is 2.20. The second-order valence-electron chi connectivity index (χ2n) is 4.60. The van der Waals surface area contributed by atoms with Crippen LogP contribution in [0.15, 0.2) is 35.2 Å². The largest absolute Gasteiger partial charge is 0.495 e. The van der Waals surface area contributed by atoms with Gasteiger partial charge in [0.05, 0.1) is 18.5 Å². The van der Waals surface area contributed by atoms with Crippen molar-refractivity contribution < 1.29 is 13.2 Å². The molecule has 0 aliphatic rings. The summed E-state index contributed by atoms with van der Waals surface area (Å²) in [7, 11) is -2.38. The molecule has 0 atom stereocenters. The molecule has 0 aliphatic heterocycles. The van der Waals surface area contributed by atoms with E-state index in [0.717, 1.165) is 5.69 Å². The Morgan fingerprint density at radius 1 is 1.19 bits per heavy atom. The van der Waals surface area contributed by atoms with Crippen molar-refractivity contribution in [2.24, 2.45) is 0 Å². The molecule has 7 heteroatoms. The van der Waals surface area contributed by atoms with Crippen LogP contribution in [-0.4, -0.2) is 20.5 Å². The number of rotatable bonds is 4. The summed E-state index contributed by atoms with van der Waals surface area (Å²) in [5.41, 5.74) is 7.92. The van der Waals surface area contributed by atoms with Gasteiger partial charge < -0.3 is 10.5 Å². The Kier molecular flexibility index (Phi) is 4.04. The summed E-state index contributed by atoms with van der Waals surface area (Å²) in [5, 5.41) is 0. The number of nitrogen functional groups attached to an aromatic ring is 1. The summed E-state index contributed by atoms with van der Waals surface area (Å²) in [5.74, 6) is 0.195. The van der Waals surface area contributed by atoms with Crippen LogP contribution in [0.5, 0.6) is 5.75 Å². The number of nitrogens with zero attached hydrogens (tertiary/aromatic N) is 1. The van der Waals surface area contributed by atoms with E-state index in [0.29, 0.717) is 17.1 Å². The molecule has 0 saturated carbocycles. The third kappa shape index (κ3) is 3.25. The molecule has 0 fully saturated rings. The maximum absolute atomic E-state index is 12.5. The first kappa shape index (κ1) is 15.1. The summed E-state index contributed by atoms with van der Waals surface area (Å²) >= 11 is 0. The molecule has 3 N–H and O–H groups in total. The molecule has 2 aromatic rings. The molecule has 6 nitrogen and oxygen atoms in total. The number of hydrogen-bond acceptors (Lipinski definition) is 5. The van der Waals surface area contributed by atoms with Crippen molar-refractivity contribution in [3.63, 3.8) is 0 Å². The molecule has 1 aromatic heterocycles. The van der Waals surface area contributed by atoms with Crippen molar-refractivity contribution in [1.82, 2.24) is 4.98 Å². The quantitative estimate of drug-likeness (QED) is 0.843. The molecule has 0 bridgehead atoms. The van der Waals surface area contributed by atoms with Crippen LogP contribution in [0.4, 0.5) is 11.4 Å². The van der Waals surface area contributed by atoms with Gasteiger partial charge in [0.15, 0.2) is 0 Å². The lowest BCUT2D eigenvalue weighted by Gasteiger charge is -2.13. The Bertz CT molecular complexity index is 773. The van der Waals surface area contributed by atoms with Gasteiger partial charge >= 0.3 is 0 Å². The van der Waals surface area contributed by atoms with Crippen LogP contribution < -0.4 is 15.2 Å². The number of aromatic nitrogens is 1. The summed E-state index contributed by atoms with van der Waals surface area (Å²) in [6.07, 6.45) is 0. The van der Waals surface area contributed by atoms with Gasteiger partial charge in [-0.05, 0) is 38.1 Å². The second kappa shape index (κ2) is 5.61. The Morgan fingerprint density at radius 3 is 2.52 bits per heavy atom. The molecule has 1 heterocycles. The molecule has 0 aliphatic carbocycles. The number of nitrogens with two attached hydrogens (primary N) is 1. The molecule has 0 unspecified atom stereocenters. The monoisotopic (exact) mass is 307 g/mol. The lowest BCUT2D eigenvalue weighted by molar-refractivity contribution is 0.403. The van der Waals surface area contributed by atoms with Gasteiger partial charge in [-0.3, -0.25) is 9.71 Å². The Morgan fingerprint density at radius 2 is 1.90 bits per heavy atom. The highest BCUT2D eigenvalue weighted by molar-refractivity contribution is 7.92. The standard InChI is InChI=1S/C14H17N3O3S/c1-9-4-6-12(10(2)16-9)17-21(18,19)14-7-5-11(15)8-13(14)20-3/h4-8,17H,15H2,1-3H3. The van der Waals surface area contributed by atoms with E-state index in [1.807, 2.05) is 6.92 Å². The maximum atomic E-state index is 12.5. The molecular weight excluding hydrogens is 290 g/mol. The second-order valence-corrected chi connectivity index (χ2v) is 6.25. The lowest BCUT2D eigenvalue weighted by atomic mass is 10.3. The third-order valence-corrected chi connectivity index (χ3v) is 4.35. The van der Waals surface area contributed by atoms with Crippen molar-refractivity contribution in [3.8, 4) is 5.75 Å². The van der Waals surface area contributed by atoms with Crippen molar-refractivity contribution in [2.75, 3.05) is 17.6 Å². The zero-order chi connectivity index (χ0) is 15.6. The van der Waals surface area contributed by atoms with Crippen molar-refractivity contribution in [1.29, 1.82) is 0 Å². The fourth-order valence-corrected chi connectivity index (χ4v) is 3.17. The summed E-state index contributed by atoms with van der Waals surface area (Å²) < 4.78 is 32.5. The number of ether oxygens (including phenoxy) is 1. The molecule has 0 saturated heterocycles. The van der Waals surface area contributed by atoms with Gasteiger partial charge in [0.2, 0.25) is 0 Å². The number of methoxy groups -OCH3 is 1. The Balaban J connectivity index is 2.43. The van der Waals surface area contributed by atoms with E-state index in [4.69, 9.17) is 10.5 Å². The first-order valence-electron chi connectivity index (χ1n) is 6.24. The number of aryl methyl sites for hydroxylation is 2. The van der Waals surface area contributed by atoms with Gasteiger partial charge in [-0.2, -0.15) is 0 Å². The van der Waals surface area contributed by atoms with Crippen LogP contribution >= 0.6 is 0 Å². The first-order chi connectivity index (χ1) is 9.83. The number of hydrogen-bond donors (Lipinski definition) is 2. The fourth-order valence-electron chi connectivity index (χ4n) is 1.90. The van der Waals surface area contributed by atoms with E-state index in [1.54, 1.807) is 19.1 Å². The van der Waals surface area contributed by atoms with Gasteiger partial charge in [-0.15, -0.1) is 0 Å². The van der Waals surface area contributed by atoms with Gasteiger partial charge in [0.25, 0.3) is 10.0 Å². The highest BCUT2D eigenvalue weighted by Crippen LogP contribution is 2.28. The van der Waals surface area contributed by atoms with Crippen LogP contribution in [0.1, 0.15) is 11.4 Å². The lowest BCUT2D eigenvalue weighted by Crippen LogP contribution is -2.15. The number of benzene rings is 1. The van der Waals surface area contributed by atoms with Crippen molar-refractivity contribution >= 4 is 21.4 Å². The molecule has 1 aromatic carbocycles. The minimum atomic E-state index is -3.78. The van der Waals surface area contributed by atoms with Gasteiger partial charge in [-0.1, -0.05) is 0 Å². The smallest absolute Gasteiger partial charge is 0.265 e. The average molecular weight is 307 g/mol. The van der Waals surface area contributed by atoms with Gasteiger partial charge in [0, 0.05) is 17.4 Å². The van der Waals surface area contributed by atoms with E-state index < -0.39 is 10.0 Å². The summed E-state index contributed by atoms with van der Waals surface area (Å²) in [6.45, 7) is 3.58. The van der Waals surface area contributed by atoms with Gasteiger partial charge in [0.1, 0.15) is 10.6 Å². The van der Waals surface area contributed by atoms with Crippen LogP contribution in [0, 0.1) is 13.8 Å². The van der Waals surface area contributed by atoms with E-state index in [9.17, 15) is 8.42 Å². The summed E-state index contributed by atoms with van der Waals surface area (Å²) in [6, 6.07) is 7.81. The minimum absolute atomic E-state index is 0.0270. The number of nitrogens with one attached hydrogen (secondary N) is 1. The molecular formula is C14H17N3O3S. The number of sulfonamides is 1. The summed E-state index contributed by atoms with van der Waals surface area (Å²) in [4.78, 5) is 4.26. The van der Waals surface area contributed by atoms with Crippen molar-refractivity contribution in [3.05, 3.63) is 41.7 Å². The minimum Gasteiger partial charge on any atom is -0.495 e. The third-order valence-electron chi connectivity index (χ3n) is 2.95. The average Bonchev–Trinajstić information content (AvgIpc) is 2.41. The molecule has 2 rings (SSSR count). The van der Waals surface area contributed by atoms with Crippen LogP contribution in [0.2, 0.25) is 0 Å². The van der Waals surface area contributed by atoms with E-state index >= 15 is 0 Å². The normalized spacial score (nSPS) is 11.2. The Labute approximate surface area is 124 Å². The zero-order valence-corrected chi connectivity index (χ0v) is 12.9. The van der Waals surface area contributed by atoms with Crippen molar-refractivity contribution in [2.45, 2.75) is 18.7 Å². The topological polar surface area (TPSA) is 94.3 Å². The first-order valence-corrected chi connectivity index (χ1v) is 7.72. The molecule has 112 valence electrons. The zero-order valence-electron chi connectivity index (χ0n) is 12.0. The Hall–Kier alpha value is -2.28. The number of pyridine rings is 1. The van der Waals surface area contributed by atoms with Crippen LogP contribution in [0.3, 0.4) is 0 Å². The molecule has 0 radical (unpaired) electrons.